The van der Waals surface area contributed by atoms with Gasteiger partial charge < -0.3 is 10.1 Å². The van der Waals surface area contributed by atoms with Gasteiger partial charge in [-0.2, -0.15) is 0 Å². The molecule has 0 aromatic carbocycles. The second-order valence-corrected chi connectivity index (χ2v) is 5.54. The number of nitrogens with one attached hydrogen (secondary N) is 1. The standard InChI is InChI=1S/C12H22BrNO2/c1-9(2)11(5-6-13)14-12(15)10-4-3-7-16-8-10/h9-11H,3-8H2,1-2H3,(H,14,15). The van der Waals surface area contributed by atoms with Gasteiger partial charge in [-0.25, -0.2) is 0 Å². The molecule has 0 saturated carbocycles. The summed E-state index contributed by atoms with van der Waals surface area (Å²) in [5.74, 6) is 0.704. The van der Waals surface area contributed by atoms with Crippen molar-refractivity contribution in [3.8, 4) is 0 Å². The third kappa shape index (κ3) is 4.42. The molecular formula is C12H22BrNO2. The van der Waals surface area contributed by atoms with Crippen LogP contribution in [0.15, 0.2) is 0 Å². The number of ether oxygens (including phenoxy) is 1. The summed E-state index contributed by atoms with van der Waals surface area (Å²) < 4.78 is 5.34. The lowest BCUT2D eigenvalue weighted by atomic mass is 9.97. The minimum absolute atomic E-state index is 0.0605. The second-order valence-electron chi connectivity index (χ2n) is 4.75. The Labute approximate surface area is 106 Å². The van der Waals surface area contributed by atoms with Crippen LogP contribution in [0.2, 0.25) is 0 Å². The minimum Gasteiger partial charge on any atom is -0.381 e. The first kappa shape index (κ1) is 14.0. The molecule has 16 heavy (non-hydrogen) atoms. The normalized spacial score (nSPS) is 23.1. The fourth-order valence-electron chi connectivity index (χ4n) is 1.94. The second kappa shape index (κ2) is 7.28. The van der Waals surface area contributed by atoms with Crippen molar-refractivity contribution in [1.82, 2.24) is 5.32 Å². The predicted octanol–water partition coefficient (Wildman–Crippen LogP) is 2.34. The number of hydrogen-bond acceptors (Lipinski definition) is 2. The maximum Gasteiger partial charge on any atom is 0.225 e. The lowest BCUT2D eigenvalue weighted by Crippen LogP contribution is -2.44. The van der Waals surface area contributed by atoms with Crippen molar-refractivity contribution >= 4 is 21.8 Å². The topological polar surface area (TPSA) is 38.3 Å². The average molecular weight is 292 g/mol. The summed E-state index contributed by atoms with van der Waals surface area (Å²) in [7, 11) is 0. The number of rotatable bonds is 5. The van der Waals surface area contributed by atoms with Crippen molar-refractivity contribution in [3.05, 3.63) is 0 Å². The van der Waals surface area contributed by atoms with Crippen molar-refractivity contribution < 1.29 is 9.53 Å². The molecule has 3 nitrogen and oxygen atoms in total. The summed E-state index contributed by atoms with van der Waals surface area (Å²) in [6.45, 7) is 5.68. The van der Waals surface area contributed by atoms with Crippen molar-refractivity contribution in [3.63, 3.8) is 0 Å². The van der Waals surface area contributed by atoms with Gasteiger partial charge in [0.25, 0.3) is 0 Å². The van der Waals surface area contributed by atoms with Gasteiger partial charge in [-0.3, -0.25) is 4.79 Å². The van der Waals surface area contributed by atoms with Crippen LogP contribution in [0.25, 0.3) is 0 Å². The maximum atomic E-state index is 12.0. The lowest BCUT2D eigenvalue weighted by Gasteiger charge is -2.26. The predicted molar refractivity (Wildman–Crippen MR) is 68.7 cm³/mol. The van der Waals surface area contributed by atoms with Crippen LogP contribution in [-0.4, -0.2) is 30.5 Å². The van der Waals surface area contributed by atoms with Crippen LogP contribution in [0.1, 0.15) is 33.1 Å². The zero-order chi connectivity index (χ0) is 12.0. The van der Waals surface area contributed by atoms with Crippen LogP contribution in [0, 0.1) is 11.8 Å². The third-order valence-corrected chi connectivity index (χ3v) is 3.54. The highest BCUT2D eigenvalue weighted by atomic mass is 79.9. The molecule has 0 aromatic rings. The Morgan fingerprint density at radius 3 is 2.81 bits per heavy atom. The molecule has 0 radical (unpaired) electrons. The Hall–Kier alpha value is -0.0900. The van der Waals surface area contributed by atoms with E-state index >= 15 is 0 Å². The highest BCUT2D eigenvalue weighted by Gasteiger charge is 2.24. The SMILES string of the molecule is CC(C)C(CCBr)NC(=O)C1CCCOC1. The summed E-state index contributed by atoms with van der Waals surface area (Å²) in [6.07, 6.45) is 2.95. The fraction of sp³-hybridized carbons (Fsp3) is 0.917. The maximum absolute atomic E-state index is 12.0. The molecule has 0 aliphatic carbocycles. The number of carbonyl (C=O) groups excluding carboxylic acids is 1. The number of alkyl halides is 1. The quantitative estimate of drug-likeness (QED) is 0.790. The van der Waals surface area contributed by atoms with Gasteiger partial charge >= 0.3 is 0 Å². The summed E-state index contributed by atoms with van der Waals surface area (Å²) in [6, 6.07) is 0.272. The van der Waals surface area contributed by atoms with Gasteiger partial charge in [-0.15, -0.1) is 0 Å². The summed E-state index contributed by atoms with van der Waals surface area (Å²) >= 11 is 3.43. The molecule has 1 heterocycles. The molecule has 1 N–H and O–H groups in total. The molecule has 0 bridgehead atoms. The Morgan fingerprint density at radius 1 is 1.56 bits per heavy atom. The van der Waals surface area contributed by atoms with Gasteiger partial charge in [0.05, 0.1) is 12.5 Å². The highest BCUT2D eigenvalue weighted by molar-refractivity contribution is 9.09. The molecular weight excluding hydrogens is 270 g/mol. The Morgan fingerprint density at radius 2 is 2.31 bits per heavy atom. The van der Waals surface area contributed by atoms with E-state index in [4.69, 9.17) is 4.74 Å². The van der Waals surface area contributed by atoms with Crippen LogP contribution < -0.4 is 5.32 Å². The molecule has 1 aliphatic rings. The zero-order valence-electron chi connectivity index (χ0n) is 10.2. The van der Waals surface area contributed by atoms with E-state index in [2.05, 4.69) is 35.1 Å². The highest BCUT2D eigenvalue weighted by Crippen LogP contribution is 2.15. The van der Waals surface area contributed by atoms with Crippen molar-refractivity contribution in [2.24, 2.45) is 11.8 Å². The van der Waals surface area contributed by atoms with Gasteiger partial charge in [0, 0.05) is 18.0 Å². The number of halogens is 1. The molecule has 1 amide bonds. The van der Waals surface area contributed by atoms with Crippen molar-refractivity contribution in [2.45, 2.75) is 39.2 Å². The van der Waals surface area contributed by atoms with Crippen molar-refractivity contribution in [2.75, 3.05) is 18.5 Å². The van der Waals surface area contributed by atoms with Crippen LogP contribution in [0.3, 0.4) is 0 Å². The molecule has 1 aliphatic heterocycles. The Bertz CT molecular complexity index is 215. The van der Waals surface area contributed by atoms with E-state index in [9.17, 15) is 4.79 Å². The number of carbonyl (C=O) groups is 1. The van der Waals surface area contributed by atoms with Crippen LogP contribution in [-0.2, 0) is 9.53 Å². The van der Waals surface area contributed by atoms with Gasteiger partial charge in [0.1, 0.15) is 0 Å². The number of amides is 1. The Balaban J connectivity index is 2.40. The van der Waals surface area contributed by atoms with E-state index in [-0.39, 0.29) is 17.9 Å². The monoisotopic (exact) mass is 291 g/mol. The molecule has 2 atom stereocenters. The van der Waals surface area contributed by atoms with Crippen molar-refractivity contribution in [1.29, 1.82) is 0 Å². The van der Waals surface area contributed by atoms with E-state index in [0.29, 0.717) is 12.5 Å². The summed E-state index contributed by atoms with van der Waals surface area (Å²) in [5.41, 5.74) is 0. The lowest BCUT2D eigenvalue weighted by molar-refractivity contribution is -0.130. The van der Waals surface area contributed by atoms with Crippen LogP contribution in [0.5, 0.6) is 0 Å². The Kier molecular flexibility index (Phi) is 6.36. The van der Waals surface area contributed by atoms with Gasteiger partial charge in [0.2, 0.25) is 5.91 Å². The largest absolute Gasteiger partial charge is 0.381 e. The van der Waals surface area contributed by atoms with Crippen LogP contribution >= 0.6 is 15.9 Å². The fourth-order valence-corrected chi connectivity index (χ4v) is 2.43. The van der Waals surface area contributed by atoms with E-state index < -0.39 is 0 Å². The van der Waals surface area contributed by atoms with E-state index in [1.54, 1.807) is 0 Å². The van der Waals surface area contributed by atoms with Gasteiger partial charge in [-0.1, -0.05) is 29.8 Å². The number of hydrogen-bond donors (Lipinski definition) is 1. The summed E-state index contributed by atoms with van der Waals surface area (Å²) in [5, 5.41) is 4.07. The first-order valence-corrected chi connectivity index (χ1v) is 7.21. The zero-order valence-corrected chi connectivity index (χ0v) is 11.8. The smallest absolute Gasteiger partial charge is 0.225 e. The van der Waals surface area contributed by atoms with Gasteiger partial charge in [0.15, 0.2) is 0 Å². The van der Waals surface area contributed by atoms with E-state index in [0.717, 1.165) is 31.2 Å². The molecule has 94 valence electrons. The first-order valence-electron chi connectivity index (χ1n) is 6.09. The molecule has 0 spiro atoms. The van der Waals surface area contributed by atoms with Crippen LogP contribution in [0.4, 0.5) is 0 Å². The molecule has 0 aromatic heterocycles. The first-order chi connectivity index (χ1) is 7.65. The minimum atomic E-state index is 0.0605. The van der Waals surface area contributed by atoms with E-state index in [1.165, 1.54) is 0 Å². The third-order valence-electron chi connectivity index (χ3n) is 3.08. The molecule has 1 fully saturated rings. The molecule has 4 heteroatoms. The van der Waals surface area contributed by atoms with E-state index in [1.807, 2.05) is 0 Å². The molecule has 1 rings (SSSR count). The van der Waals surface area contributed by atoms with Gasteiger partial charge in [-0.05, 0) is 25.2 Å². The molecule has 2 unspecified atom stereocenters. The summed E-state index contributed by atoms with van der Waals surface area (Å²) in [4.78, 5) is 12.0. The average Bonchev–Trinajstić information content (AvgIpc) is 2.29. The molecule has 1 saturated heterocycles.